The van der Waals surface area contributed by atoms with E-state index < -0.39 is 5.97 Å². The van der Waals surface area contributed by atoms with Gasteiger partial charge in [-0.1, -0.05) is 6.07 Å². The molecule has 1 aliphatic heterocycles. The van der Waals surface area contributed by atoms with Gasteiger partial charge in [0.05, 0.1) is 12.7 Å². The molecule has 5 rings (SSSR count). The third-order valence-corrected chi connectivity index (χ3v) is 7.25. The molecule has 2 aromatic carbocycles. The molecule has 7 nitrogen and oxygen atoms in total. The molecule has 0 saturated heterocycles. The van der Waals surface area contributed by atoms with Gasteiger partial charge < -0.3 is 19.5 Å². The number of hydrogen-bond donors (Lipinski definition) is 2. The van der Waals surface area contributed by atoms with Crippen LogP contribution in [0.5, 0.6) is 5.75 Å². The second kappa shape index (κ2) is 9.57. The number of carboxylic acids is 1. The van der Waals surface area contributed by atoms with Crippen molar-refractivity contribution in [3.05, 3.63) is 53.1 Å². The normalized spacial score (nSPS) is 19.7. The molecule has 0 bridgehead atoms. The third kappa shape index (κ3) is 4.98. The molecule has 2 fully saturated rings. The van der Waals surface area contributed by atoms with Crippen molar-refractivity contribution in [3.8, 4) is 5.75 Å². The molecule has 1 heterocycles. The highest BCUT2D eigenvalue weighted by Crippen LogP contribution is 2.43. The van der Waals surface area contributed by atoms with E-state index in [1.807, 2.05) is 12.1 Å². The van der Waals surface area contributed by atoms with Crippen LogP contribution in [0.4, 0.5) is 16.2 Å². The van der Waals surface area contributed by atoms with Crippen LogP contribution in [0.25, 0.3) is 0 Å². The average Bonchev–Trinajstić information content (AvgIpc) is 3.38. The van der Waals surface area contributed by atoms with Crippen LogP contribution in [0.1, 0.15) is 65.9 Å². The van der Waals surface area contributed by atoms with Gasteiger partial charge in [0.2, 0.25) is 0 Å². The molecule has 7 heteroatoms. The molecule has 180 valence electrons. The van der Waals surface area contributed by atoms with E-state index in [4.69, 9.17) is 9.47 Å². The van der Waals surface area contributed by atoms with E-state index in [0.717, 1.165) is 62.4 Å². The summed E-state index contributed by atoms with van der Waals surface area (Å²) in [4.78, 5) is 26.2. The highest BCUT2D eigenvalue weighted by Gasteiger charge is 2.33. The zero-order valence-corrected chi connectivity index (χ0v) is 19.6. The number of hydrogen-bond acceptors (Lipinski definition) is 5. The van der Waals surface area contributed by atoms with Gasteiger partial charge in [-0.3, -0.25) is 5.32 Å². The number of benzene rings is 2. The molecule has 34 heavy (non-hydrogen) atoms. The number of amides is 1. The van der Waals surface area contributed by atoms with Crippen molar-refractivity contribution in [1.82, 2.24) is 0 Å². The van der Waals surface area contributed by atoms with E-state index >= 15 is 0 Å². The summed E-state index contributed by atoms with van der Waals surface area (Å²) >= 11 is 0. The van der Waals surface area contributed by atoms with Crippen LogP contribution in [0.15, 0.2) is 36.4 Å². The molecule has 2 aliphatic carbocycles. The summed E-state index contributed by atoms with van der Waals surface area (Å²) in [7, 11) is 1.57. The lowest BCUT2D eigenvalue weighted by molar-refractivity contribution is 0.0696. The lowest BCUT2D eigenvalue weighted by Crippen LogP contribution is -2.24. The summed E-state index contributed by atoms with van der Waals surface area (Å²) in [5, 5.41) is 12.2. The minimum Gasteiger partial charge on any atom is -0.496 e. The van der Waals surface area contributed by atoms with Crippen LogP contribution in [-0.2, 0) is 11.2 Å². The van der Waals surface area contributed by atoms with Crippen molar-refractivity contribution in [2.45, 2.75) is 57.0 Å². The fourth-order valence-electron chi connectivity index (χ4n) is 5.29. The van der Waals surface area contributed by atoms with Crippen LogP contribution < -0.4 is 15.0 Å². The quantitative estimate of drug-likeness (QED) is 0.541. The van der Waals surface area contributed by atoms with Crippen molar-refractivity contribution in [2.75, 3.05) is 30.4 Å². The summed E-state index contributed by atoms with van der Waals surface area (Å²) in [6, 6.07) is 11.2. The predicted octanol–water partition coefficient (Wildman–Crippen LogP) is 5.44. The number of ether oxygens (including phenoxy) is 2. The predicted molar refractivity (Wildman–Crippen MR) is 130 cm³/mol. The van der Waals surface area contributed by atoms with Gasteiger partial charge >= 0.3 is 12.1 Å². The number of carbonyl (C=O) groups excluding carboxylic acids is 1. The molecule has 2 N–H and O–H groups in total. The molecule has 0 spiro atoms. The Morgan fingerprint density at radius 3 is 2.59 bits per heavy atom. The maximum Gasteiger partial charge on any atom is 0.411 e. The van der Waals surface area contributed by atoms with Crippen molar-refractivity contribution < 1.29 is 24.2 Å². The number of rotatable bonds is 8. The maximum atomic E-state index is 12.4. The summed E-state index contributed by atoms with van der Waals surface area (Å²) in [5.74, 6) is 0.601. The molecule has 1 atom stereocenters. The monoisotopic (exact) mass is 464 g/mol. The van der Waals surface area contributed by atoms with Gasteiger partial charge in [-0.2, -0.15) is 0 Å². The molecular weight excluding hydrogens is 432 g/mol. The average molecular weight is 465 g/mol. The zero-order valence-electron chi connectivity index (χ0n) is 19.6. The van der Waals surface area contributed by atoms with Crippen molar-refractivity contribution >= 4 is 23.4 Å². The molecule has 1 amide bonds. The van der Waals surface area contributed by atoms with E-state index in [2.05, 4.69) is 22.3 Å². The Morgan fingerprint density at radius 2 is 1.88 bits per heavy atom. The van der Waals surface area contributed by atoms with Gasteiger partial charge in [-0.15, -0.1) is 0 Å². The summed E-state index contributed by atoms with van der Waals surface area (Å²) in [6.45, 7) is 1.95. The summed E-state index contributed by atoms with van der Waals surface area (Å²) in [6.07, 6.45) is 7.06. The first-order valence-corrected chi connectivity index (χ1v) is 12.3. The Balaban J connectivity index is 1.36. The number of methoxy groups -OCH3 is 1. The number of nitrogens with zero attached hydrogens (tertiary/aromatic N) is 1. The molecule has 0 radical (unpaired) electrons. The number of carbonyl (C=O) groups is 2. The third-order valence-electron chi connectivity index (χ3n) is 7.25. The van der Waals surface area contributed by atoms with Gasteiger partial charge in [0.25, 0.3) is 0 Å². The Kier molecular flexibility index (Phi) is 6.35. The van der Waals surface area contributed by atoms with E-state index in [-0.39, 0.29) is 23.7 Å². The number of fused-ring (bicyclic) bond motifs is 1. The molecule has 0 aromatic heterocycles. The standard InChI is InChI=1S/C27H32N2O5/c1-33-25-13-19(26(30)31)9-8-18(25)12-20-16-29(15-17-6-7-17)24-11-10-21(14-23(20)24)28-27(32)34-22-4-2-3-5-22/h8-11,13-14,17,20,22H,2-7,12,15-16H2,1H3,(H,28,32)(H,30,31). The topological polar surface area (TPSA) is 88.1 Å². The van der Waals surface area contributed by atoms with Crippen LogP contribution in [0.3, 0.4) is 0 Å². The molecule has 2 aromatic rings. The van der Waals surface area contributed by atoms with Gasteiger partial charge in [-0.25, -0.2) is 9.59 Å². The molecule has 3 aliphatic rings. The highest BCUT2D eigenvalue weighted by molar-refractivity contribution is 5.88. The number of aromatic carboxylic acids is 1. The van der Waals surface area contributed by atoms with E-state index in [9.17, 15) is 14.7 Å². The fraction of sp³-hybridized carbons (Fsp3) is 0.481. The van der Waals surface area contributed by atoms with Crippen LogP contribution in [0.2, 0.25) is 0 Å². The van der Waals surface area contributed by atoms with Gasteiger partial charge in [0.1, 0.15) is 11.9 Å². The SMILES string of the molecule is COc1cc(C(=O)O)ccc1CC1CN(CC2CC2)c2ccc(NC(=O)OC3CCCC3)cc21. The zero-order chi connectivity index (χ0) is 23.7. The van der Waals surface area contributed by atoms with Crippen molar-refractivity contribution in [2.24, 2.45) is 5.92 Å². The summed E-state index contributed by atoms with van der Waals surface area (Å²) < 4.78 is 11.1. The van der Waals surface area contributed by atoms with Crippen LogP contribution in [0, 0.1) is 5.92 Å². The van der Waals surface area contributed by atoms with Crippen molar-refractivity contribution in [1.29, 1.82) is 0 Å². The van der Waals surface area contributed by atoms with Crippen molar-refractivity contribution in [3.63, 3.8) is 0 Å². The first kappa shape index (κ1) is 22.6. The first-order valence-electron chi connectivity index (χ1n) is 12.3. The lowest BCUT2D eigenvalue weighted by atomic mass is 9.92. The van der Waals surface area contributed by atoms with E-state index in [1.165, 1.54) is 24.1 Å². The van der Waals surface area contributed by atoms with E-state index in [0.29, 0.717) is 5.75 Å². The number of anilines is 2. The fourth-order valence-corrected chi connectivity index (χ4v) is 5.29. The molecule has 2 saturated carbocycles. The smallest absolute Gasteiger partial charge is 0.411 e. The highest BCUT2D eigenvalue weighted by atomic mass is 16.6. The van der Waals surface area contributed by atoms with Gasteiger partial charge in [0.15, 0.2) is 0 Å². The number of carboxylic acid groups (broad SMARTS) is 1. The molecular formula is C27H32N2O5. The Bertz CT molecular complexity index is 1070. The Hall–Kier alpha value is -3.22. The lowest BCUT2D eigenvalue weighted by Gasteiger charge is -2.20. The second-order valence-electron chi connectivity index (χ2n) is 9.79. The minimum atomic E-state index is -0.966. The second-order valence-corrected chi connectivity index (χ2v) is 9.79. The van der Waals surface area contributed by atoms with Gasteiger partial charge in [-0.05, 0) is 92.3 Å². The Morgan fingerprint density at radius 1 is 1.09 bits per heavy atom. The minimum absolute atomic E-state index is 0.0254. The largest absolute Gasteiger partial charge is 0.496 e. The van der Waals surface area contributed by atoms with E-state index in [1.54, 1.807) is 19.2 Å². The first-order chi connectivity index (χ1) is 16.5. The Labute approximate surface area is 200 Å². The maximum absolute atomic E-state index is 12.4. The molecule has 1 unspecified atom stereocenters. The van der Waals surface area contributed by atoms with Gasteiger partial charge in [0, 0.05) is 30.4 Å². The summed E-state index contributed by atoms with van der Waals surface area (Å²) in [5.41, 5.74) is 4.36. The number of nitrogens with one attached hydrogen (secondary N) is 1. The van der Waals surface area contributed by atoms with Crippen LogP contribution in [-0.4, -0.2) is 43.5 Å². The van der Waals surface area contributed by atoms with Crippen LogP contribution >= 0.6 is 0 Å².